The summed E-state index contributed by atoms with van der Waals surface area (Å²) in [5.74, 6) is -4.75. The summed E-state index contributed by atoms with van der Waals surface area (Å²) in [6, 6.07) is 16.5. The summed E-state index contributed by atoms with van der Waals surface area (Å²) in [7, 11) is 1.39. The first-order valence-corrected chi connectivity index (χ1v) is 27.0. The smallest absolute Gasteiger partial charge is 0.408 e. The van der Waals surface area contributed by atoms with E-state index in [2.05, 4.69) is 36.8 Å². The van der Waals surface area contributed by atoms with Crippen LogP contribution in [0.1, 0.15) is 124 Å². The quantitative estimate of drug-likeness (QED) is 0.0283. The summed E-state index contributed by atoms with van der Waals surface area (Å²) in [4.78, 5) is 139. The van der Waals surface area contributed by atoms with Crippen molar-refractivity contribution < 1.29 is 71.9 Å². The molecule has 2 aromatic carbocycles. The highest BCUT2D eigenvalue weighted by atomic mass is 17.2. The second-order valence-electron chi connectivity index (χ2n) is 20.9. The van der Waals surface area contributed by atoms with Crippen LogP contribution in [0.4, 0.5) is 9.59 Å². The Hall–Kier alpha value is -6.58. The lowest BCUT2D eigenvalue weighted by Gasteiger charge is -2.23. The molecule has 0 fully saturated rings. The minimum atomic E-state index is -0.890. The minimum absolute atomic E-state index is 0.0217. The standard InChI is InChI=1S/C57H86N6O15/c1-39(2)31-47(63-54(71)44(34-42-19-13-10-14-20-42)36-46(65)38-61-56(73)78-57(5,6)7)49(66)21-23-51(68)58-25-15-27-75-29-30-76-55(72)60-37-45(64)35-43(33-41-17-11-9-12-18-41)53(70)62-48(32-40(3)4)50(67)22-24-52(69)59-26-16-28-77-74-8/h9-14,17-20,39-40,43-44,47-48H,15-16,21-38H2,1-8H3,(H,58,68)(H,59,69)(H,60,72)(H,61,73)(H,62,70)(H,63,71). The predicted octanol–water partition coefficient (Wildman–Crippen LogP) is 5.24. The molecule has 0 radical (unpaired) electrons. The first kappa shape index (κ1) is 67.5. The van der Waals surface area contributed by atoms with Gasteiger partial charge in [-0.15, -0.1) is 0 Å². The Balaban J connectivity index is 1.79. The lowest BCUT2D eigenvalue weighted by Crippen LogP contribution is -2.46. The van der Waals surface area contributed by atoms with Gasteiger partial charge >= 0.3 is 12.2 Å². The molecule has 0 spiro atoms. The largest absolute Gasteiger partial charge is 0.447 e. The van der Waals surface area contributed by atoms with E-state index in [1.807, 2.05) is 88.4 Å². The van der Waals surface area contributed by atoms with Gasteiger partial charge in [-0.25, -0.2) is 19.4 Å². The van der Waals surface area contributed by atoms with Crippen LogP contribution in [0, 0.1) is 23.7 Å². The van der Waals surface area contributed by atoms with Crippen LogP contribution in [-0.2, 0) is 75.2 Å². The molecular weight excluding hydrogens is 1010 g/mol. The van der Waals surface area contributed by atoms with Crippen molar-refractivity contribution >= 4 is 58.9 Å². The number of Topliss-reactive ketones (excluding diaryl/α,β-unsaturated/α-hetero) is 4. The number of carbonyl (C=O) groups excluding carboxylic acids is 10. The van der Waals surface area contributed by atoms with Gasteiger partial charge in [0, 0.05) is 70.1 Å². The monoisotopic (exact) mass is 1090 g/mol. The van der Waals surface area contributed by atoms with Crippen LogP contribution in [0.3, 0.4) is 0 Å². The predicted molar refractivity (Wildman–Crippen MR) is 290 cm³/mol. The normalized spacial score (nSPS) is 12.8. The lowest BCUT2D eigenvalue weighted by molar-refractivity contribution is -0.272. The van der Waals surface area contributed by atoms with Gasteiger partial charge < -0.3 is 46.1 Å². The second-order valence-corrected chi connectivity index (χ2v) is 20.9. The van der Waals surface area contributed by atoms with E-state index < -0.39 is 65.8 Å². The van der Waals surface area contributed by atoms with Crippen LogP contribution in [0.2, 0.25) is 0 Å². The molecule has 2 rings (SSSR count). The van der Waals surface area contributed by atoms with Gasteiger partial charge in [-0.1, -0.05) is 88.4 Å². The van der Waals surface area contributed by atoms with Crippen molar-refractivity contribution in [1.82, 2.24) is 31.9 Å². The van der Waals surface area contributed by atoms with Crippen molar-refractivity contribution in [2.45, 2.75) is 143 Å². The summed E-state index contributed by atoms with van der Waals surface area (Å²) in [6.07, 6.45) is -0.413. The van der Waals surface area contributed by atoms with Gasteiger partial charge in [0.2, 0.25) is 23.6 Å². The topological polar surface area (TPSA) is 289 Å². The number of hydrogen-bond donors (Lipinski definition) is 6. The molecule has 21 nitrogen and oxygen atoms in total. The highest BCUT2D eigenvalue weighted by molar-refractivity contribution is 5.95. The zero-order valence-electron chi connectivity index (χ0n) is 47.0. The number of hydrogen-bond acceptors (Lipinski definition) is 15. The van der Waals surface area contributed by atoms with Gasteiger partial charge in [-0.3, -0.25) is 38.4 Å². The van der Waals surface area contributed by atoms with Crippen LogP contribution >= 0.6 is 0 Å². The van der Waals surface area contributed by atoms with Crippen LogP contribution in [-0.4, -0.2) is 136 Å². The van der Waals surface area contributed by atoms with Crippen LogP contribution in [0.5, 0.6) is 0 Å². The number of amides is 6. The number of alkyl carbamates (subject to hydrolysis) is 2. The van der Waals surface area contributed by atoms with E-state index in [9.17, 15) is 47.9 Å². The van der Waals surface area contributed by atoms with Crippen molar-refractivity contribution in [2.75, 3.05) is 59.7 Å². The molecule has 4 unspecified atom stereocenters. The van der Waals surface area contributed by atoms with Crippen LogP contribution in [0.15, 0.2) is 60.7 Å². The Labute approximate surface area is 459 Å². The molecular formula is C57H86N6O15. The molecule has 0 bridgehead atoms. The molecule has 0 aromatic heterocycles. The Morgan fingerprint density at radius 2 is 0.962 bits per heavy atom. The third-order valence-electron chi connectivity index (χ3n) is 11.7. The maximum absolute atomic E-state index is 13.7. The Bertz CT molecular complexity index is 2180. The maximum atomic E-state index is 13.7. The van der Waals surface area contributed by atoms with Gasteiger partial charge in [0.15, 0.2) is 23.1 Å². The summed E-state index contributed by atoms with van der Waals surface area (Å²) in [5, 5.41) is 16.0. The Kier molecular flexibility index (Phi) is 33.0. The number of carbonyl (C=O) groups is 10. The van der Waals surface area contributed by atoms with Crippen molar-refractivity contribution in [1.29, 1.82) is 0 Å². The summed E-state index contributed by atoms with van der Waals surface area (Å²) in [6.45, 7) is 13.0. The number of benzene rings is 2. The molecule has 0 saturated carbocycles. The first-order valence-electron chi connectivity index (χ1n) is 27.0. The van der Waals surface area contributed by atoms with E-state index in [-0.39, 0.29) is 125 Å². The van der Waals surface area contributed by atoms with Crippen molar-refractivity contribution in [3.63, 3.8) is 0 Å². The van der Waals surface area contributed by atoms with Gasteiger partial charge in [0.25, 0.3) is 0 Å². The third-order valence-corrected chi connectivity index (χ3v) is 11.7. The number of ether oxygens (including phenoxy) is 3. The summed E-state index contributed by atoms with van der Waals surface area (Å²) < 4.78 is 15.9. The average Bonchev–Trinajstić information content (AvgIpc) is 3.38. The van der Waals surface area contributed by atoms with Crippen LogP contribution in [0.25, 0.3) is 0 Å². The molecule has 0 aliphatic rings. The lowest BCUT2D eigenvalue weighted by atomic mass is 9.91. The highest BCUT2D eigenvalue weighted by Crippen LogP contribution is 2.19. The fraction of sp³-hybridized carbons (Fsp3) is 0.614. The SMILES string of the molecule is COOCCCNC(=O)CCC(=O)C(CC(C)C)NC(=O)C(CC(=O)CNC(=O)OCCOCCCNC(=O)CCC(=O)C(CC(C)C)NC(=O)C(CC(=O)CNC(=O)OC(C)(C)C)Cc1ccccc1)Cc1ccccc1. The van der Waals surface area contributed by atoms with Gasteiger partial charge in [-0.2, -0.15) is 0 Å². The second kappa shape index (κ2) is 38.1. The van der Waals surface area contributed by atoms with Crippen molar-refractivity contribution in [2.24, 2.45) is 23.7 Å². The fourth-order valence-corrected chi connectivity index (χ4v) is 7.92. The zero-order chi connectivity index (χ0) is 57.9. The van der Waals surface area contributed by atoms with Gasteiger partial charge in [0.1, 0.15) is 12.2 Å². The molecule has 2 aromatic rings. The highest BCUT2D eigenvalue weighted by Gasteiger charge is 2.30. The number of ketones is 4. The fourth-order valence-electron chi connectivity index (χ4n) is 7.92. The molecule has 4 atom stereocenters. The molecule has 0 aliphatic carbocycles. The average molecular weight is 1100 g/mol. The van der Waals surface area contributed by atoms with Crippen molar-refractivity contribution in [3.8, 4) is 0 Å². The summed E-state index contributed by atoms with van der Waals surface area (Å²) >= 11 is 0. The van der Waals surface area contributed by atoms with E-state index in [1.54, 1.807) is 20.8 Å². The molecule has 0 aliphatic heterocycles. The van der Waals surface area contributed by atoms with Crippen molar-refractivity contribution in [3.05, 3.63) is 71.8 Å². The molecule has 21 heteroatoms. The van der Waals surface area contributed by atoms with E-state index in [1.165, 1.54) is 7.11 Å². The molecule has 78 heavy (non-hydrogen) atoms. The van der Waals surface area contributed by atoms with Gasteiger partial charge in [0.05, 0.1) is 45.5 Å². The molecule has 434 valence electrons. The minimum Gasteiger partial charge on any atom is -0.447 e. The maximum Gasteiger partial charge on any atom is 0.408 e. The van der Waals surface area contributed by atoms with E-state index >= 15 is 0 Å². The third kappa shape index (κ3) is 32.2. The van der Waals surface area contributed by atoms with Gasteiger partial charge in [-0.05, 0) is 82.3 Å². The zero-order valence-corrected chi connectivity index (χ0v) is 47.0. The van der Waals surface area contributed by atoms with Crippen LogP contribution < -0.4 is 31.9 Å². The Morgan fingerprint density at radius 3 is 1.38 bits per heavy atom. The van der Waals surface area contributed by atoms with E-state index in [4.69, 9.17) is 19.1 Å². The Morgan fingerprint density at radius 1 is 0.526 bits per heavy atom. The molecule has 0 heterocycles. The molecule has 6 N–H and O–H groups in total. The number of rotatable bonds is 40. The van der Waals surface area contributed by atoms with E-state index in [0.29, 0.717) is 38.8 Å². The number of nitrogens with one attached hydrogen (secondary N) is 6. The first-order chi connectivity index (χ1) is 37.0. The molecule has 0 saturated heterocycles. The molecule has 6 amide bonds. The van der Waals surface area contributed by atoms with E-state index in [0.717, 1.165) is 11.1 Å². The summed E-state index contributed by atoms with van der Waals surface area (Å²) in [5.41, 5.74) is 0.859.